The van der Waals surface area contributed by atoms with E-state index in [-0.39, 0.29) is 17.7 Å². The van der Waals surface area contributed by atoms with E-state index in [0.717, 1.165) is 31.7 Å². The van der Waals surface area contributed by atoms with Gasteiger partial charge in [0.15, 0.2) is 5.13 Å². The van der Waals surface area contributed by atoms with E-state index >= 15 is 0 Å². The fourth-order valence-electron chi connectivity index (χ4n) is 3.86. The van der Waals surface area contributed by atoms with Crippen LogP contribution in [0.4, 0.5) is 5.13 Å². The van der Waals surface area contributed by atoms with Gasteiger partial charge in [0.1, 0.15) is 0 Å². The number of hydrogen-bond acceptors (Lipinski definition) is 4. The van der Waals surface area contributed by atoms with E-state index in [2.05, 4.69) is 26.2 Å². The number of nitrogens with one attached hydrogen (secondary N) is 1. The van der Waals surface area contributed by atoms with Crippen molar-refractivity contribution in [3.63, 3.8) is 0 Å². The summed E-state index contributed by atoms with van der Waals surface area (Å²) in [6, 6.07) is 15.6. The average molecular weight is 498 g/mol. The fraction of sp³-hybridized carbons (Fsp3) is 0.292. The quantitative estimate of drug-likeness (QED) is 0.504. The van der Waals surface area contributed by atoms with Crippen LogP contribution in [0.15, 0.2) is 53.0 Å². The number of likely N-dealkylation sites (tertiary alicyclic amines) is 1. The number of benzene rings is 2. The monoisotopic (exact) mass is 497 g/mol. The molecule has 5 nitrogen and oxygen atoms in total. The molecule has 2 amide bonds. The van der Waals surface area contributed by atoms with E-state index < -0.39 is 0 Å². The zero-order valence-corrected chi connectivity index (χ0v) is 19.9. The molecule has 1 aliphatic heterocycles. The van der Waals surface area contributed by atoms with Crippen molar-refractivity contribution in [2.75, 3.05) is 18.4 Å². The summed E-state index contributed by atoms with van der Waals surface area (Å²) in [6.07, 6.45) is 1.32. The van der Waals surface area contributed by atoms with Gasteiger partial charge >= 0.3 is 0 Å². The number of nitrogens with zero attached hydrogens (tertiary/aromatic N) is 2. The number of anilines is 1. The van der Waals surface area contributed by atoms with Gasteiger partial charge in [0, 0.05) is 39.5 Å². The molecule has 0 radical (unpaired) electrons. The lowest BCUT2D eigenvalue weighted by atomic mass is 9.95. The molecule has 0 bridgehead atoms. The minimum absolute atomic E-state index is 0.0147. The number of carbonyl (C=O) groups excluding carboxylic acids is 2. The number of piperidine rings is 1. The molecule has 160 valence electrons. The Labute approximate surface area is 194 Å². The number of carbonyl (C=O) groups is 2. The highest BCUT2D eigenvalue weighted by molar-refractivity contribution is 9.10. The summed E-state index contributed by atoms with van der Waals surface area (Å²) < 4.78 is 1.02. The number of halogens is 1. The molecule has 2 aromatic carbocycles. The predicted molar refractivity (Wildman–Crippen MR) is 128 cm³/mol. The van der Waals surface area contributed by atoms with Gasteiger partial charge in [-0.15, -0.1) is 11.3 Å². The molecule has 4 rings (SSSR count). The second-order valence-electron chi connectivity index (χ2n) is 7.80. The molecule has 31 heavy (non-hydrogen) atoms. The number of aryl methyl sites for hydroxylation is 2. The lowest BCUT2D eigenvalue weighted by molar-refractivity contribution is -0.121. The van der Waals surface area contributed by atoms with Crippen molar-refractivity contribution in [1.29, 1.82) is 0 Å². The molecule has 0 aliphatic carbocycles. The van der Waals surface area contributed by atoms with E-state index in [9.17, 15) is 9.59 Å². The normalized spacial score (nSPS) is 14.5. The zero-order chi connectivity index (χ0) is 22.0. The zero-order valence-electron chi connectivity index (χ0n) is 17.5. The van der Waals surface area contributed by atoms with Gasteiger partial charge < -0.3 is 10.2 Å². The van der Waals surface area contributed by atoms with Crippen LogP contribution in [0.3, 0.4) is 0 Å². The summed E-state index contributed by atoms with van der Waals surface area (Å²) in [4.78, 5) is 33.2. The number of aromatic nitrogens is 1. The molecule has 1 fully saturated rings. The van der Waals surface area contributed by atoms with E-state index in [1.165, 1.54) is 11.3 Å². The highest BCUT2D eigenvalue weighted by atomic mass is 79.9. The van der Waals surface area contributed by atoms with Gasteiger partial charge in [-0.05, 0) is 50.5 Å². The smallest absolute Gasteiger partial charge is 0.254 e. The van der Waals surface area contributed by atoms with Crippen LogP contribution < -0.4 is 5.32 Å². The Kier molecular flexibility index (Phi) is 6.53. The topological polar surface area (TPSA) is 62.3 Å². The molecule has 7 heteroatoms. The van der Waals surface area contributed by atoms with Gasteiger partial charge in [0.25, 0.3) is 5.91 Å². The molecule has 0 saturated carbocycles. The van der Waals surface area contributed by atoms with Crippen molar-refractivity contribution in [1.82, 2.24) is 9.88 Å². The Hall–Kier alpha value is -2.51. The Morgan fingerprint density at radius 1 is 1.06 bits per heavy atom. The van der Waals surface area contributed by atoms with Crippen molar-refractivity contribution in [2.45, 2.75) is 26.7 Å². The fourth-order valence-corrected chi connectivity index (χ4v) is 4.96. The largest absolute Gasteiger partial charge is 0.339 e. The number of rotatable bonds is 4. The lowest BCUT2D eigenvalue weighted by Gasteiger charge is -2.31. The Morgan fingerprint density at radius 3 is 2.42 bits per heavy atom. The average Bonchev–Trinajstić information content (AvgIpc) is 3.14. The van der Waals surface area contributed by atoms with Crippen LogP contribution in [0.25, 0.3) is 11.3 Å². The Balaban J connectivity index is 1.36. The molecule has 1 saturated heterocycles. The molecular weight excluding hydrogens is 474 g/mol. The third kappa shape index (κ3) is 4.88. The molecule has 1 aliphatic rings. The predicted octanol–water partition coefficient (Wildman–Crippen LogP) is 5.68. The Bertz CT molecular complexity index is 1100. The van der Waals surface area contributed by atoms with E-state index in [0.29, 0.717) is 31.1 Å². The van der Waals surface area contributed by atoms with Crippen molar-refractivity contribution < 1.29 is 9.59 Å². The van der Waals surface area contributed by atoms with Crippen LogP contribution in [0.1, 0.15) is 33.6 Å². The maximum absolute atomic E-state index is 12.8. The molecule has 0 spiro atoms. The number of thiazole rings is 1. The van der Waals surface area contributed by atoms with Crippen molar-refractivity contribution in [3.05, 3.63) is 69.0 Å². The Morgan fingerprint density at radius 2 is 1.74 bits per heavy atom. The maximum atomic E-state index is 12.8. The number of amides is 2. The van der Waals surface area contributed by atoms with E-state index in [4.69, 9.17) is 0 Å². The second-order valence-corrected chi connectivity index (χ2v) is 9.92. The van der Waals surface area contributed by atoms with Crippen LogP contribution in [0.5, 0.6) is 0 Å². The summed E-state index contributed by atoms with van der Waals surface area (Å²) in [7, 11) is 0. The molecule has 0 atom stereocenters. The first kappa shape index (κ1) is 21.7. The van der Waals surface area contributed by atoms with Gasteiger partial charge in [-0.25, -0.2) is 4.98 Å². The first-order valence-corrected chi connectivity index (χ1v) is 11.9. The summed E-state index contributed by atoms with van der Waals surface area (Å²) in [5.41, 5.74) is 3.64. The molecule has 0 unspecified atom stereocenters. The first-order valence-electron chi connectivity index (χ1n) is 10.3. The van der Waals surface area contributed by atoms with Crippen molar-refractivity contribution in [3.8, 4) is 11.3 Å². The number of hydrogen-bond donors (Lipinski definition) is 1. The van der Waals surface area contributed by atoms with Crippen molar-refractivity contribution >= 4 is 44.2 Å². The van der Waals surface area contributed by atoms with Crippen LogP contribution in [-0.2, 0) is 4.79 Å². The molecule has 1 N–H and O–H groups in total. The lowest BCUT2D eigenvalue weighted by Crippen LogP contribution is -2.41. The minimum atomic E-state index is -0.110. The van der Waals surface area contributed by atoms with Gasteiger partial charge in [-0.2, -0.15) is 0 Å². The highest BCUT2D eigenvalue weighted by Crippen LogP contribution is 2.32. The van der Waals surface area contributed by atoms with Crippen LogP contribution in [0.2, 0.25) is 0 Å². The minimum Gasteiger partial charge on any atom is -0.339 e. The standard InChI is InChI=1S/C24H24BrN3O2S/c1-15-5-3-4-6-20(15)23(30)28-13-11-18(12-14-28)22(29)27-24-26-21(16(2)31-24)17-7-9-19(25)10-8-17/h3-10,18H,11-14H2,1-2H3,(H,26,27,29). The highest BCUT2D eigenvalue weighted by Gasteiger charge is 2.29. The summed E-state index contributed by atoms with van der Waals surface area (Å²) >= 11 is 4.94. The van der Waals surface area contributed by atoms with Gasteiger partial charge in [-0.3, -0.25) is 9.59 Å². The summed E-state index contributed by atoms with van der Waals surface area (Å²) in [6.45, 7) is 5.14. The van der Waals surface area contributed by atoms with Crippen LogP contribution in [-0.4, -0.2) is 34.8 Å². The molecular formula is C24H24BrN3O2S. The summed E-state index contributed by atoms with van der Waals surface area (Å²) in [5.74, 6) is -0.0769. The van der Waals surface area contributed by atoms with E-state index in [1.54, 1.807) is 0 Å². The van der Waals surface area contributed by atoms with Gasteiger partial charge in [0.2, 0.25) is 5.91 Å². The summed E-state index contributed by atoms with van der Waals surface area (Å²) in [5, 5.41) is 3.62. The first-order chi connectivity index (χ1) is 14.9. The van der Waals surface area contributed by atoms with Crippen LogP contribution in [0, 0.1) is 19.8 Å². The van der Waals surface area contributed by atoms with Gasteiger partial charge in [0.05, 0.1) is 5.69 Å². The van der Waals surface area contributed by atoms with Gasteiger partial charge in [-0.1, -0.05) is 46.3 Å². The second kappa shape index (κ2) is 9.32. The molecule has 3 aromatic rings. The van der Waals surface area contributed by atoms with Crippen LogP contribution >= 0.6 is 27.3 Å². The third-order valence-electron chi connectivity index (χ3n) is 5.67. The molecule has 1 aromatic heterocycles. The molecule has 2 heterocycles. The third-order valence-corrected chi connectivity index (χ3v) is 7.09. The maximum Gasteiger partial charge on any atom is 0.254 e. The SMILES string of the molecule is Cc1ccccc1C(=O)N1CCC(C(=O)Nc2nc(-c3ccc(Br)cc3)c(C)s2)CC1. The van der Waals surface area contributed by atoms with E-state index in [1.807, 2.05) is 67.3 Å². The van der Waals surface area contributed by atoms with Crippen molar-refractivity contribution in [2.24, 2.45) is 5.92 Å².